The molecule has 0 unspecified atom stereocenters. The lowest BCUT2D eigenvalue weighted by Gasteiger charge is -2.09. The molecule has 0 saturated heterocycles. The Hall–Kier alpha value is -3.78. The molecule has 3 rings (SSSR count). The summed E-state index contributed by atoms with van der Waals surface area (Å²) in [5.74, 6) is -2.26. The van der Waals surface area contributed by atoms with Crippen LogP contribution in [0.5, 0.6) is 0 Å². The fraction of sp³-hybridized carbons (Fsp3) is 0.125. The van der Waals surface area contributed by atoms with E-state index in [1.54, 1.807) is 12.3 Å². The maximum absolute atomic E-state index is 12.9. The van der Waals surface area contributed by atoms with Crippen molar-refractivity contribution in [2.24, 2.45) is 0 Å². The van der Waals surface area contributed by atoms with Gasteiger partial charge in [-0.3, -0.25) is 4.79 Å². The van der Waals surface area contributed by atoms with Crippen molar-refractivity contribution in [3.63, 3.8) is 0 Å². The van der Waals surface area contributed by atoms with Crippen LogP contribution in [0, 0.1) is 5.82 Å². The highest BCUT2D eigenvalue weighted by molar-refractivity contribution is 7.15. The standard InChI is InChI=1S/C24H20FNO5S/c1-2-30-24(29)22-19(17-6-4-3-5-7-17)15-32-23(22)26-20(27)14-31-21(28)13-10-16-8-11-18(25)12-9-16/h3-13,15H,2,14H2,1H3,(H,26,27)/b13-10+. The Labute approximate surface area is 188 Å². The number of ether oxygens (including phenoxy) is 2. The molecule has 0 spiro atoms. The fourth-order valence-corrected chi connectivity index (χ4v) is 3.75. The highest BCUT2D eigenvalue weighted by Crippen LogP contribution is 2.36. The van der Waals surface area contributed by atoms with Gasteiger partial charge in [-0.05, 0) is 36.3 Å². The van der Waals surface area contributed by atoms with Crippen LogP contribution >= 0.6 is 11.3 Å². The summed E-state index contributed by atoms with van der Waals surface area (Å²) in [6.07, 6.45) is 2.59. The van der Waals surface area contributed by atoms with E-state index in [1.165, 1.54) is 41.7 Å². The quantitative estimate of drug-likeness (QED) is 0.387. The van der Waals surface area contributed by atoms with E-state index in [-0.39, 0.29) is 18.0 Å². The van der Waals surface area contributed by atoms with Gasteiger partial charge in [0, 0.05) is 17.0 Å². The van der Waals surface area contributed by atoms with Gasteiger partial charge < -0.3 is 14.8 Å². The number of esters is 2. The predicted octanol–water partition coefficient (Wildman–Crippen LogP) is 4.93. The summed E-state index contributed by atoms with van der Waals surface area (Å²) in [6, 6.07) is 14.8. The second-order valence-electron chi connectivity index (χ2n) is 6.48. The number of nitrogens with one attached hydrogen (secondary N) is 1. The lowest BCUT2D eigenvalue weighted by Crippen LogP contribution is -2.21. The van der Waals surface area contributed by atoms with E-state index in [9.17, 15) is 18.8 Å². The van der Waals surface area contributed by atoms with Gasteiger partial charge >= 0.3 is 11.9 Å². The number of halogens is 1. The molecule has 6 nitrogen and oxygen atoms in total. The van der Waals surface area contributed by atoms with Gasteiger partial charge in [-0.2, -0.15) is 0 Å². The first-order valence-electron chi connectivity index (χ1n) is 9.72. The Balaban J connectivity index is 1.65. The number of rotatable bonds is 8. The lowest BCUT2D eigenvalue weighted by atomic mass is 10.0. The Morgan fingerprint density at radius 3 is 2.44 bits per heavy atom. The Bertz CT molecular complexity index is 1120. The Morgan fingerprint density at radius 2 is 1.75 bits per heavy atom. The number of hydrogen-bond donors (Lipinski definition) is 1. The summed E-state index contributed by atoms with van der Waals surface area (Å²) in [5, 5.41) is 4.68. The van der Waals surface area contributed by atoms with E-state index >= 15 is 0 Å². The first-order chi connectivity index (χ1) is 15.5. The zero-order valence-electron chi connectivity index (χ0n) is 17.2. The van der Waals surface area contributed by atoms with Gasteiger partial charge in [0.05, 0.1) is 6.61 Å². The van der Waals surface area contributed by atoms with Crippen LogP contribution in [0.25, 0.3) is 17.2 Å². The van der Waals surface area contributed by atoms with E-state index < -0.39 is 24.5 Å². The maximum Gasteiger partial charge on any atom is 0.341 e. The van der Waals surface area contributed by atoms with E-state index in [4.69, 9.17) is 9.47 Å². The first kappa shape index (κ1) is 22.9. The van der Waals surface area contributed by atoms with Gasteiger partial charge in [0.1, 0.15) is 16.4 Å². The van der Waals surface area contributed by atoms with E-state index in [2.05, 4.69) is 5.32 Å². The zero-order chi connectivity index (χ0) is 22.9. The summed E-state index contributed by atoms with van der Waals surface area (Å²) in [4.78, 5) is 36.7. The molecule has 32 heavy (non-hydrogen) atoms. The number of amides is 1. The van der Waals surface area contributed by atoms with Crippen LogP contribution in [-0.2, 0) is 19.1 Å². The van der Waals surface area contributed by atoms with E-state index in [0.29, 0.717) is 16.1 Å². The summed E-state index contributed by atoms with van der Waals surface area (Å²) in [5.41, 5.74) is 2.31. The smallest absolute Gasteiger partial charge is 0.341 e. The van der Waals surface area contributed by atoms with Crippen molar-refractivity contribution in [2.75, 3.05) is 18.5 Å². The van der Waals surface area contributed by atoms with Gasteiger partial charge in [-0.15, -0.1) is 11.3 Å². The lowest BCUT2D eigenvalue weighted by molar-refractivity contribution is -0.142. The molecule has 0 saturated carbocycles. The van der Waals surface area contributed by atoms with Crippen molar-refractivity contribution in [2.45, 2.75) is 6.92 Å². The normalized spacial score (nSPS) is 10.7. The number of anilines is 1. The third kappa shape index (κ3) is 6.12. The molecule has 1 heterocycles. The van der Waals surface area contributed by atoms with Crippen LogP contribution in [-0.4, -0.2) is 31.1 Å². The molecule has 0 aliphatic carbocycles. The third-order valence-electron chi connectivity index (χ3n) is 4.24. The van der Waals surface area contributed by atoms with Gasteiger partial charge in [-0.25, -0.2) is 14.0 Å². The van der Waals surface area contributed by atoms with Gasteiger partial charge in [-0.1, -0.05) is 42.5 Å². The highest BCUT2D eigenvalue weighted by atomic mass is 32.1. The minimum Gasteiger partial charge on any atom is -0.462 e. The van der Waals surface area contributed by atoms with Gasteiger partial charge in [0.15, 0.2) is 6.61 Å². The van der Waals surface area contributed by atoms with Gasteiger partial charge in [0.2, 0.25) is 0 Å². The second kappa shape index (κ2) is 11.0. The fourth-order valence-electron chi connectivity index (χ4n) is 2.77. The summed E-state index contributed by atoms with van der Waals surface area (Å²) >= 11 is 1.18. The van der Waals surface area contributed by atoms with Crippen molar-refractivity contribution >= 4 is 40.3 Å². The predicted molar refractivity (Wildman–Crippen MR) is 121 cm³/mol. The number of benzene rings is 2. The first-order valence-corrected chi connectivity index (χ1v) is 10.6. The number of carbonyl (C=O) groups excluding carboxylic acids is 3. The minimum absolute atomic E-state index is 0.189. The molecule has 3 aromatic rings. The van der Waals surface area contributed by atoms with Crippen molar-refractivity contribution in [3.8, 4) is 11.1 Å². The van der Waals surface area contributed by atoms with Crippen LogP contribution in [0.3, 0.4) is 0 Å². The Morgan fingerprint density at radius 1 is 1.03 bits per heavy atom. The number of hydrogen-bond acceptors (Lipinski definition) is 6. The molecule has 0 aliphatic rings. The molecule has 0 aliphatic heterocycles. The molecule has 2 aromatic carbocycles. The molecule has 1 N–H and O–H groups in total. The minimum atomic E-state index is -0.730. The van der Waals surface area contributed by atoms with Crippen molar-refractivity contribution < 1.29 is 28.2 Å². The molecular formula is C24H20FNO5S. The summed E-state index contributed by atoms with van der Waals surface area (Å²) < 4.78 is 23.0. The molecule has 0 bridgehead atoms. The monoisotopic (exact) mass is 453 g/mol. The molecule has 8 heteroatoms. The van der Waals surface area contributed by atoms with E-state index in [0.717, 1.165) is 11.6 Å². The van der Waals surface area contributed by atoms with E-state index in [1.807, 2.05) is 30.3 Å². The Kier molecular flexibility index (Phi) is 7.88. The summed E-state index contributed by atoms with van der Waals surface area (Å²) in [7, 11) is 0. The highest BCUT2D eigenvalue weighted by Gasteiger charge is 2.23. The zero-order valence-corrected chi connectivity index (χ0v) is 18.0. The molecule has 1 aromatic heterocycles. The molecule has 0 atom stereocenters. The van der Waals surface area contributed by atoms with Crippen LogP contribution in [0.15, 0.2) is 66.1 Å². The van der Waals surface area contributed by atoms with Crippen LogP contribution in [0.1, 0.15) is 22.8 Å². The number of carbonyl (C=O) groups is 3. The molecule has 164 valence electrons. The van der Waals surface area contributed by atoms with Crippen molar-refractivity contribution in [1.29, 1.82) is 0 Å². The molecular weight excluding hydrogens is 433 g/mol. The second-order valence-corrected chi connectivity index (χ2v) is 7.36. The van der Waals surface area contributed by atoms with Crippen LogP contribution in [0.4, 0.5) is 9.39 Å². The summed E-state index contributed by atoms with van der Waals surface area (Å²) in [6.45, 7) is 1.35. The van der Waals surface area contributed by atoms with Gasteiger partial charge in [0.25, 0.3) is 5.91 Å². The average Bonchev–Trinajstić information content (AvgIpc) is 3.21. The largest absolute Gasteiger partial charge is 0.462 e. The van der Waals surface area contributed by atoms with Crippen molar-refractivity contribution in [3.05, 3.63) is 83.0 Å². The molecule has 0 radical (unpaired) electrons. The van der Waals surface area contributed by atoms with Crippen LogP contribution in [0.2, 0.25) is 0 Å². The molecule has 0 fully saturated rings. The third-order valence-corrected chi connectivity index (χ3v) is 5.13. The average molecular weight is 453 g/mol. The maximum atomic E-state index is 12.9. The molecule has 1 amide bonds. The SMILES string of the molecule is CCOC(=O)c1c(-c2ccccc2)csc1NC(=O)COC(=O)/C=C/c1ccc(F)cc1. The number of thiophene rings is 1. The topological polar surface area (TPSA) is 81.7 Å². The van der Waals surface area contributed by atoms with Crippen molar-refractivity contribution in [1.82, 2.24) is 0 Å². The van der Waals surface area contributed by atoms with Crippen LogP contribution < -0.4 is 5.32 Å².